The number of rotatable bonds is 6. The highest BCUT2D eigenvalue weighted by molar-refractivity contribution is 7.80. The van der Waals surface area contributed by atoms with Gasteiger partial charge in [0.15, 0.2) is 0 Å². The van der Waals surface area contributed by atoms with Gasteiger partial charge < -0.3 is 11.1 Å². The van der Waals surface area contributed by atoms with E-state index in [0.717, 1.165) is 0 Å². The second-order valence-electron chi connectivity index (χ2n) is 5.04. The summed E-state index contributed by atoms with van der Waals surface area (Å²) in [4.78, 5) is 13.4. The molecule has 0 saturated heterocycles. The average Bonchev–Trinajstić information content (AvgIpc) is 2.29. The fourth-order valence-electron chi connectivity index (χ4n) is 1.85. The van der Waals surface area contributed by atoms with E-state index in [4.69, 9.17) is 18.0 Å². The smallest absolute Gasteiger partial charge is 0.234 e. The molecule has 1 amide bonds. The van der Waals surface area contributed by atoms with Crippen molar-refractivity contribution in [1.82, 2.24) is 10.2 Å². The molecule has 0 heterocycles. The Kier molecular flexibility index (Phi) is 6.04. The summed E-state index contributed by atoms with van der Waals surface area (Å²) in [7, 11) is 1.76. The number of hydrogen-bond donors (Lipinski definition) is 2. The lowest BCUT2D eigenvalue weighted by atomic mass is 10.1. The molecule has 1 aromatic carbocycles. The van der Waals surface area contributed by atoms with Crippen LogP contribution < -0.4 is 11.1 Å². The molecule has 0 fully saturated rings. The molecule has 0 saturated carbocycles. The Morgan fingerprint density at radius 1 is 1.50 bits per heavy atom. The molecule has 0 spiro atoms. The molecule has 20 heavy (non-hydrogen) atoms. The topological polar surface area (TPSA) is 58.4 Å². The van der Waals surface area contributed by atoms with E-state index < -0.39 is 5.82 Å². The molecular formula is C14H20FN3OS. The van der Waals surface area contributed by atoms with Gasteiger partial charge in [0.2, 0.25) is 5.91 Å². The van der Waals surface area contributed by atoms with Crippen molar-refractivity contribution in [2.45, 2.75) is 26.4 Å². The lowest BCUT2D eigenvalue weighted by molar-refractivity contribution is -0.122. The van der Waals surface area contributed by atoms with Crippen LogP contribution >= 0.6 is 12.2 Å². The van der Waals surface area contributed by atoms with E-state index in [0.29, 0.717) is 12.1 Å². The number of benzene rings is 1. The van der Waals surface area contributed by atoms with Crippen molar-refractivity contribution in [3.8, 4) is 0 Å². The molecule has 6 heteroatoms. The third kappa shape index (κ3) is 4.86. The summed E-state index contributed by atoms with van der Waals surface area (Å²) in [5.41, 5.74) is 6.17. The van der Waals surface area contributed by atoms with Crippen molar-refractivity contribution >= 4 is 23.1 Å². The Morgan fingerprint density at radius 2 is 2.15 bits per heavy atom. The minimum Gasteiger partial charge on any atom is -0.389 e. The highest BCUT2D eigenvalue weighted by atomic mass is 32.1. The van der Waals surface area contributed by atoms with Crippen LogP contribution in [0.4, 0.5) is 4.39 Å². The van der Waals surface area contributed by atoms with Crippen LogP contribution in [0, 0.1) is 5.82 Å². The van der Waals surface area contributed by atoms with Crippen molar-refractivity contribution in [1.29, 1.82) is 0 Å². The van der Waals surface area contributed by atoms with Gasteiger partial charge in [0.1, 0.15) is 10.8 Å². The molecule has 0 radical (unpaired) electrons. The van der Waals surface area contributed by atoms with Gasteiger partial charge >= 0.3 is 0 Å². The van der Waals surface area contributed by atoms with E-state index in [1.165, 1.54) is 0 Å². The van der Waals surface area contributed by atoms with Crippen LogP contribution in [0.1, 0.15) is 25.0 Å². The third-order valence-electron chi connectivity index (χ3n) is 2.65. The third-order valence-corrected chi connectivity index (χ3v) is 2.87. The van der Waals surface area contributed by atoms with Crippen LogP contribution in [0.25, 0.3) is 0 Å². The molecule has 0 aliphatic rings. The maximum Gasteiger partial charge on any atom is 0.234 e. The van der Waals surface area contributed by atoms with Gasteiger partial charge in [-0.15, -0.1) is 0 Å². The predicted molar refractivity (Wildman–Crippen MR) is 81.9 cm³/mol. The maximum atomic E-state index is 14.1. The maximum absolute atomic E-state index is 14.1. The second-order valence-corrected chi connectivity index (χ2v) is 5.48. The molecule has 110 valence electrons. The van der Waals surface area contributed by atoms with Crippen LogP contribution in [0.2, 0.25) is 0 Å². The summed E-state index contributed by atoms with van der Waals surface area (Å²) < 4.78 is 14.1. The van der Waals surface area contributed by atoms with Crippen molar-refractivity contribution < 1.29 is 9.18 Å². The first-order valence-corrected chi connectivity index (χ1v) is 6.77. The predicted octanol–water partition coefficient (Wildman–Crippen LogP) is 1.42. The normalized spacial score (nSPS) is 10.9. The summed E-state index contributed by atoms with van der Waals surface area (Å²) in [6, 6.07) is 5.00. The van der Waals surface area contributed by atoms with Crippen LogP contribution in [-0.2, 0) is 11.3 Å². The van der Waals surface area contributed by atoms with Crippen LogP contribution in [0.15, 0.2) is 18.2 Å². The fourth-order valence-corrected chi connectivity index (χ4v) is 2.01. The van der Waals surface area contributed by atoms with Gasteiger partial charge in [-0.25, -0.2) is 4.39 Å². The number of halogens is 1. The van der Waals surface area contributed by atoms with Crippen molar-refractivity contribution in [3.63, 3.8) is 0 Å². The SMILES string of the molecule is CC(C)NC(=O)CN(C)Cc1cccc(C(N)=S)c1F. The number of amides is 1. The van der Waals surface area contributed by atoms with Gasteiger partial charge in [-0.1, -0.05) is 24.4 Å². The number of likely N-dealkylation sites (N-methyl/N-ethyl adjacent to an activating group) is 1. The Balaban J connectivity index is 2.71. The highest BCUT2D eigenvalue weighted by Crippen LogP contribution is 2.14. The molecule has 1 rings (SSSR count). The quantitative estimate of drug-likeness (QED) is 0.780. The molecule has 1 aromatic rings. The van der Waals surface area contributed by atoms with Crippen LogP contribution in [-0.4, -0.2) is 35.4 Å². The van der Waals surface area contributed by atoms with Crippen molar-refractivity contribution in [3.05, 3.63) is 35.1 Å². The van der Waals surface area contributed by atoms with Gasteiger partial charge in [-0.05, 0) is 27.0 Å². The number of nitrogens with two attached hydrogens (primary N) is 1. The Hall–Kier alpha value is -1.53. The van der Waals surface area contributed by atoms with Crippen molar-refractivity contribution in [2.24, 2.45) is 5.73 Å². The van der Waals surface area contributed by atoms with E-state index in [1.807, 2.05) is 13.8 Å². The minimum absolute atomic E-state index is 0.0320. The fraction of sp³-hybridized carbons (Fsp3) is 0.429. The molecule has 0 atom stereocenters. The molecule has 4 nitrogen and oxygen atoms in total. The molecule has 0 aliphatic carbocycles. The second kappa shape index (κ2) is 7.31. The summed E-state index contributed by atoms with van der Waals surface area (Å²) in [6.07, 6.45) is 0. The van der Waals surface area contributed by atoms with Crippen molar-refractivity contribution in [2.75, 3.05) is 13.6 Å². The lowest BCUT2D eigenvalue weighted by Gasteiger charge is -2.18. The van der Waals surface area contributed by atoms with E-state index in [9.17, 15) is 9.18 Å². The molecule has 0 aliphatic heterocycles. The zero-order valence-corrected chi connectivity index (χ0v) is 12.8. The zero-order valence-electron chi connectivity index (χ0n) is 11.9. The Bertz CT molecular complexity index is 505. The largest absolute Gasteiger partial charge is 0.389 e. The zero-order chi connectivity index (χ0) is 15.3. The molecule has 0 aromatic heterocycles. The van der Waals surface area contributed by atoms with E-state index in [1.54, 1.807) is 30.1 Å². The van der Waals surface area contributed by atoms with Gasteiger partial charge in [0.05, 0.1) is 6.54 Å². The summed E-state index contributed by atoms with van der Waals surface area (Å²) >= 11 is 4.80. The van der Waals surface area contributed by atoms with Crippen LogP contribution in [0.5, 0.6) is 0 Å². The summed E-state index contributed by atoms with van der Waals surface area (Å²) in [5, 5.41) is 2.79. The van der Waals surface area contributed by atoms with Crippen LogP contribution in [0.3, 0.4) is 0 Å². The average molecular weight is 297 g/mol. The number of nitrogens with one attached hydrogen (secondary N) is 1. The first-order valence-electron chi connectivity index (χ1n) is 6.36. The number of carbonyl (C=O) groups excluding carboxylic acids is 1. The monoisotopic (exact) mass is 297 g/mol. The Morgan fingerprint density at radius 3 is 2.70 bits per heavy atom. The number of hydrogen-bond acceptors (Lipinski definition) is 3. The standard InChI is InChI=1S/C14H20FN3OS/c1-9(2)17-12(19)8-18(3)7-10-5-4-6-11(13(10)15)14(16)20/h4-6,9H,7-8H2,1-3H3,(H2,16,20)(H,17,19). The summed E-state index contributed by atoms with van der Waals surface area (Å²) in [6.45, 7) is 4.30. The first kappa shape index (κ1) is 16.5. The number of carbonyl (C=O) groups is 1. The van der Waals surface area contributed by atoms with Gasteiger partial charge in [-0.2, -0.15) is 0 Å². The summed E-state index contributed by atoms with van der Waals surface area (Å²) in [5.74, 6) is -0.510. The molecule has 0 unspecified atom stereocenters. The minimum atomic E-state index is -0.420. The molecular weight excluding hydrogens is 277 g/mol. The molecule has 0 bridgehead atoms. The van der Waals surface area contributed by atoms with E-state index >= 15 is 0 Å². The van der Waals surface area contributed by atoms with Gasteiger partial charge in [0.25, 0.3) is 0 Å². The van der Waals surface area contributed by atoms with E-state index in [2.05, 4.69) is 5.32 Å². The lowest BCUT2D eigenvalue weighted by Crippen LogP contribution is -2.38. The highest BCUT2D eigenvalue weighted by Gasteiger charge is 2.13. The number of nitrogens with zero attached hydrogens (tertiary/aromatic N) is 1. The van der Waals surface area contributed by atoms with Gasteiger partial charge in [0, 0.05) is 23.7 Å². The Labute approximate surface area is 124 Å². The van der Waals surface area contributed by atoms with E-state index in [-0.39, 0.29) is 29.0 Å². The first-order chi connectivity index (χ1) is 9.31. The van der Waals surface area contributed by atoms with Gasteiger partial charge in [-0.3, -0.25) is 9.69 Å². The molecule has 3 N–H and O–H groups in total. The number of thiocarbonyl (C=S) groups is 1.